The first kappa shape index (κ1) is 12.2. The van der Waals surface area contributed by atoms with Gasteiger partial charge in [0.15, 0.2) is 0 Å². The molecule has 0 radical (unpaired) electrons. The van der Waals surface area contributed by atoms with Crippen LogP contribution in [-0.2, 0) is 11.2 Å². The molecule has 1 heterocycles. The summed E-state index contributed by atoms with van der Waals surface area (Å²) in [5.74, 6) is 0.571. The van der Waals surface area contributed by atoms with Gasteiger partial charge in [-0.2, -0.15) is 0 Å². The Morgan fingerprint density at radius 2 is 2.33 bits per heavy atom. The van der Waals surface area contributed by atoms with Crippen LogP contribution in [0.4, 0.5) is 0 Å². The summed E-state index contributed by atoms with van der Waals surface area (Å²) in [6.45, 7) is 6.80. The van der Waals surface area contributed by atoms with E-state index in [0.717, 1.165) is 11.4 Å². The van der Waals surface area contributed by atoms with Crippen molar-refractivity contribution in [1.82, 2.24) is 10.3 Å². The van der Waals surface area contributed by atoms with E-state index >= 15 is 0 Å². The van der Waals surface area contributed by atoms with Gasteiger partial charge in [-0.3, -0.25) is 4.79 Å². The third kappa shape index (κ3) is 4.93. The van der Waals surface area contributed by atoms with Crippen LogP contribution in [0, 0.1) is 12.8 Å². The molecule has 15 heavy (non-hydrogen) atoms. The fraction of sp³-hybridized carbons (Fsp3) is 0.636. The molecule has 0 aliphatic carbocycles. The summed E-state index contributed by atoms with van der Waals surface area (Å²) in [6.07, 6.45) is 3.38. The molecule has 0 fully saturated rings. The van der Waals surface area contributed by atoms with E-state index in [1.54, 1.807) is 11.3 Å². The van der Waals surface area contributed by atoms with Crippen LogP contribution < -0.4 is 5.32 Å². The van der Waals surface area contributed by atoms with Gasteiger partial charge in [-0.1, -0.05) is 13.8 Å². The number of rotatable bonds is 5. The molecular weight excluding hydrogens is 208 g/mol. The first-order chi connectivity index (χ1) is 7.08. The summed E-state index contributed by atoms with van der Waals surface area (Å²) in [5, 5.41) is 3.99. The summed E-state index contributed by atoms with van der Waals surface area (Å²) in [5.41, 5.74) is 0. The van der Waals surface area contributed by atoms with Gasteiger partial charge in [-0.15, -0.1) is 11.3 Å². The largest absolute Gasteiger partial charge is 0.356 e. The van der Waals surface area contributed by atoms with Gasteiger partial charge in [0.1, 0.15) is 0 Å². The van der Waals surface area contributed by atoms with Gasteiger partial charge in [0.2, 0.25) is 5.91 Å². The molecule has 0 atom stereocenters. The van der Waals surface area contributed by atoms with E-state index in [-0.39, 0.29) is 5.91 Å². The van der Waals surface area contributed by atoms with Crippen molar-refractivity contribution in [3.8, 4) is 0 Å². The molecule has 1 N–H and O–H groups in total. The van der Waals surface area contributed by atoms with Crippen molar-refractivity contribution >= 4 is 17.2 Å². The molecule has 0 saturated heterocycles. The van der Waals surface area contributed by atoms with Crippen LogP contribution in [0.3, 0.4) is 0 Å². The van der Waals surface area contributed by atoms with Gasteiger partial charge in [-0.25, -0.2) is 4.98 Å². The summed E-state index contributed by atoms with van der Waals surface area (Å²) >= 11 is 1.69. The zero-order chi connectivity index (χ0) is 11.3. The molecule has 0 unspecified atom stereocenters. The lowest BCUT2D eigenvalue weighted by Crippen LogP contribution is -2.26. The molecule has 0 aromatic carbocycles. The van der Waals surface area contributed by atoms with Crippen LogP contribution in [0.15, 0.2) is 6.20 Å². The second-order valence-corrected chi connectivity index (χ2v) is 5.36. The lowest BCUT2D eigenvalue weighted by atomic mass is 10.1. The van der Waals surface area contributed by atoms with Crippen LogP contribution in [0.25, 0.3) is 0 Å². The average Bonchev–Trinajstić information content (AvgIpc) is 2.50. The van der Waals surface area contributed by atoms with E-state index < -0.39 is 0 Å². The van der Waals surface area contributed by atoms with Crippen molar-refractivity contribution < 1.29 is 4.79 Å². The van der Waals surface area contributed by atoms with E-state index in [1.165, 1.54) is 4.88 Å². The van der Waals surface area contributed by atoms with Crippen LogP contribution in [0.5, 0.6) is 0 Å². The predicted octanol–water partition coefficient (Wildman–Crippen LogP) is 2.16. The standard InChI is InChI=1S/C11H18N2OS/c1-8(2)6-11(14)12-5-4-10-7-13-9(3)15-10/h7-8H,4-6H2,1-3H3,(H,12,14). The van der Waals surface area contributed by atoms with E-state index in [1.807, 2.05) is 27.0 Å². The second-order valence-electron chi connectivity index (χ2n) is 4.04. The van der Waals surface area contributed by atoms with Gasteiger partial charge in [0, 0.05) is 30.5 Å². The van der Waals surface area contributed by atoms with E-state index in [0.29, 0.717) is 18.9 Å². The summed E-state index contributed by atoms with van der Waals surface area (Å²) in [6, 6.07) is 0. The number of nitrogens with one attached hydrogen (secondary N) is 1. The minimum Gasteiger partial charge on any atom is -0.356 e. The maximum Gasteiger partial charge on any atom is 0.220 e. The predicted molar refractivity (Wildman–Crippen MR) is 63.0 cm³/mol. The molecule has 1 aromatic heterocycles. The first-order valence-corrected chi connectivity index (χ1v) is 6.07. The quantitative estimate of drug-likeness (QED) is 0.836. The SMILES string of the molecule is Cc1ncc(CCNC(=O)CC(C)C)s1. The van der Waals surface area contributed by atoms with Crippen molar-refractivity contribution in [1.29, 1.82) is 0 Å². The number of nitrogens with zero attached hydrogens (tertiary/aromatic N) is 1. The Balaban J connectivity index is 2.19. The molecule has 1 amide bonds. The first-order valence-electron chi connectivity index (χ1n) is 5.26. The number of carbonyl (C=O) groups is 1. The molecule has 84 valence electrons. The zero-order valence-corrected chi connectivity index (χ0v) is 10.4. The van der Waals surface area contributed by atoms with E-state index in [4.69, 9.17) is 0 Å². The highest BCUT2D eigenvalue weighted by molar-refractivity contribution is 7.11. The zero-order valence-electron chi connectivity index (χ0n) is 9.54. The minimum atomic E-state index is 0.145. The molecule has 0 saturated carbocycles. The Morgan fingerprint density at radius 1 is 1.60 bits per heavy atom. The molecule has 0 bridgehead atoms. The van der Waals surface area contributed by atoms with Gasteiger partial charge in [-0.05, 0) is 12.8 Å². The Hall–Kier alpha value is -0.900. The molecule has 3 nitrogen and oxygen atoms in total. The normalized spacial score (nSPS) is 10.7. The Morgan fingerprint density at radius 3 is 2.87 bits per heavy atom. The van der Waals surface area contributed by atoms with Gasteiger partial charge >= 0.3 is 0 Å². The minimum absolute atomic E-state index is 0.145. The number of carbonyl (C=O) groups excluding carboxylic acids is 1. The monoisotopic (exact) mass is 226 g/mol. The number of hydrogen-bond acceptors (Lipinski definition) is 3. The maximum atomic E-state index is 11.3. The van der Waals surface area contributed by atoms with Crippen LogP contribution in [-0.4, -0.2) is 17.4 Å². The fourth-order valence-corrected chi connectivity index (χ4v) is 2.08. The fourth-order valence-electron chi connectivity index (χ4n) is 1.29. The highest BCUT2D eigenvalue weighted by Crippen LogP contribution is 2.11. The number of hydrogen-bond donors (Lipinski definition) is 1. The Labute approximate surface area is 94.9 Å². The summed E-state index contributed by atoms with van der Waals surface area (Å²) in [4.78, 5) is 16.7. The van der Waals surface area contributed by atoms with Crippen LogP contribution in [0.2, 0.25) is 0 Å². The van der Waals surface area contributed by atoms with Crippen molar-refractivity contribution in [2.75, 3.05) is 6.54 Å². The van der Waals surface area contributed by atoms with Gasteiger partial charge in [0.05, 0.1) is 5.01 Å². The topological polar surface area (TPSA) is 42.0 Å². The third-order valence-corrected chi connectivity index (χ3v) is 2.93. The van der Waals surface area contributed by atoms with E-state index in [2.05, 4.69) is 10.3 Å². The highest BCUT2D eigenvalue weighted by atomic mass is 32.1. The Bertz CT molecular complexity index is 320. The number of thiazole rings is 1. The highest BCUT2D eigenvalue weighted by Gasteiger charge is 2.04. The van der Waals surface area contributed by atoms with Crippen LogP contribution in [0.1, 0.15) is 30.2 Å². The Kier molecular flexibility index (Phi) is 4.75. The molecule has 0 spiro atoms. The number of amides is 1. The summed E-state index contributed by atoms with van der Waals surface area (Å²) < 4.78 is 0. The van der Waals surface area contributed by atoms with Crippen molar-refractivity contribution in [3.63, 3.8) is 0 Å². The summed E-state index contributed by atoms with van der Waals surface area (Å²) in [7, 11) is 0. The molecule has 1 aromatic rings. The third-order valence-electron chi connectivity index (χ3n) is 1.96. The molecular formula is C11H18N2OS. The second kappa shape index (κ2) is 5.85. The number of aromatic nitrogens is 1. The molecule has 1 rings (SSSR count). The molecule has 0 aliphatic rings. The lowest BCUT2D eigenvalue weighted by molar-refractivity contribution is -0.121. The van der Waals surface area contributed by atoms with Gasteiger partial charge < -0.3 is 5.32 Å². The number of aryl methyl sites for hydroxylation is 1. The van der Waals surface area contributed by atoms with Crippen LogP contribution >= 0.6 is 11.3 Å². The lowest BCUT2D eigenvalue weighted by Gasteiger charge is -2.05. The average molecular weight is 226 g/mol. The smallest absolute Gasteiger partial charge is 0.220 e. The van der Waals surface area contributed by atoms with Crippen molar-refractivity contribution in [2.24, 2.45) is 5.92 Å². The molecule has 4 heteroatoms. The van der Waals surface area contributed by atoms with E-state index in [9.17, 15) is 4.79 Å². The van der Waals surface area contributed by atoms with Gasteiger partial charge in [0.25, 0.3) is 0 Å². The van der Waals surface area contributed by atoms with Crippen molar-refractivity contribution in [2.45, 2.75) is 33.6 Å². The maximum absolute atomic E-state index is 11.3. The molecule has 0 aliphatic heterocycles. The van der Waals surface area contributed by atoms with Crippen molar-refractivity contribution in [3.05, 3.63) is 16.1 Å².